The lowest BCUT2D eigenvalue weighted by atomic mass is 10.1. The molecule has 3 N–H and O–H groups in total. The number of rotatable bonds is 11. The van der Waals surface area contributed by atoms with E-state index in [1.54, 1.807) is 24.3 Å². The van der Waals surface area contributed by atoms with Gasteiger partial charge in [0.15, 0.2) is 0 Å². The van der Waals surface area contributed by atoms with E-state index in [9.17, 15) is 19.2 Å². The predicted molar refractivity (Wildman–Crippen MR) is 121 cm³/mol. The van der Waals surface area contributed by atoms with Crippen LogP contribution < -0.4 is 16.2 Å². The summed E-state index contributed by atoms with van der Waals surface area (Å²) in [5.41, 5.74) is 6.05. The Morgan fingerprint density at radius 3 is 2.03 bits per heavy atom. The maximum atomic E-state index is 11.9. The van der Waals surface area contributed by atoms with Gasteiger partial charge in [-0.15, -0.1) is 0 Å². The van der Waals surface area contributed by atoms with Gasteiger partial charge < -0.3 is 10.1 Å². The van der Waals surface area contributed by atoms with Gasteiger partial charge in [-0.2, -0.15) is 0 Å². The third-order valence-electron chi connectivity index (χ3n) is 4.34. The zero-order valence-corrected chi connectivity index (χ0v) is 18.3. The zero-order chi connectivity index (χ0) is 23.2. The second kappa shape index (κ2) is 13.8. The minimum absolute atomic E-state index is 0.0811. The predicted octanol–water partition coefficient (Wildman–Crippen LogP) is 3.16. The molecule has 9 heteroatoms. The molecule has 0 fully saturated rings. The Bertz CT molecular complexity index is 921. The lowest BCUT2D eigenvalue weighted by Gasteiger charge is -2.09. The number of carbonyl (C=O) groups excluding carboxylic acids is 4. The van der Waals surface area contributed by atoms with Crippen LogP contribution in [0.25, 0.3) is 0 Å². The Morgan fingerprint density at radius 2 is 1.34 bits per heavy atom. The smallest absolute Gasteiger partial charge is 0.306 e. The molecule has 0 aliphatic heterocycles. The van der Waals surface area contributed by atoms with Crippen LogP contribution in [0.5, 0.6) is 0 Å². The summed E-state index contributed by atoms with van der Waals surface area (Å²) < 4.78 is 5.10. The van der Waals surface area contributed by atoms with Crippen LogP contribution in [0.4, 0.5) is 5.69 Å². The van der Waals surface area contributed by atoms with E-state index in [1.807, 2.05) is 30.3 Å². The average Bonchev–Trinajstić information content (AvgIpc) is 2.80. The highest BCUT2D eigenvalue weighted by Gasteiger charge is 2.11. The van der Waals surface area contributed by atoms with Crippen molar-refractivity contribution >= 4 is 41.0 Å². The number of hydrogen-bond donors (Lipinski definition) is 3. The number of esters is 1. The van der Waals surface area contributed by atoms with Crippen molar-refractivity contribution in [3.8, 4) is 0 Å². The molecule has 32 heavy (non-hydrogen) atoms. The molecule has 3 amide bonds. The first-order valence-corrected chi connectivity index (χ1v) is 10.6. The van der Waals surface area contributed by atoms with Gasteiger partial charge >= 0.3 is 5.97 Å². The summed E-state index contributed by atoms with van der Waals surface area (Å²) >= 11 is 5.95. The van der Waals surface area contributed by atoms with Gasteiger partial charge in [0.1, 0.15) is 0 Å². The van der Waals surface area contributed by atoms with Gasteiger partial charge in [-0.1, -0.05) is 54.1 Å². The summed E-state index contributed by atoms with van der Waals surface area (Å²) in [6, 6.07) is 16.6. The monoisotopic (exact) mass is 459 g/mol. The number of halogens is 1. The number of aryl methyl sites for hydroxylation is 1. The molecule has 0 heterocycles. The van der Waals surface area contributed by atoms with Gasteiger partial charge in [0.25, 0.3) is 0 Å². The van der Waals surface area contributed by atoms with Gasteiger partial charge in [-0.3, -0.25) is 30.0 Å². The zero-order valence-electron chi connectivity index (χ0n) is 17.6. The molecule has 0 unspecified atom stereocenters. The first-order chi connectivity index (χ1) is 15.4. The van der Waals surface area contributed by atoms with Crippen molar-refractivity contribution in [1.82, 2.24) is 10.9 Å². The molecule has 8 nitrogen and oxygen atoms in total. The molecule has 170 valence electrons. The molecule has 2 rings (SSSR count). The second-order valence-corrected chi connectivity index (χ2v) is 7.34. The Kier molecular flexibility index (Phi) is 10.7. The van der Waals surface area contributed by atoms with Crippen molar-refractivity contribution < 1.29 is 23.9 Å². The maximum absolute atomic E-state index is 11.9. The van der Waals surface area contributed by atoms with Gasteiger partial charge in [0.2, 0.25) is 17.7 Å². The molecule has 0 aliphatic rings. The summed E-state index contributed by atoms with van der Waals surface area (Å²) in [6.07, 6.45) is 1.08. The molecule has 0 aromatic heterocycles. The molecule has 0 bridgehead atoms. The number of hydrogen-bond acceptors (Lipinski definition) is 5. The van der Waals surface area contributed by atoms with Crippen molar-refractivity contribution in [2.45, 2.75) is 38.5 Å². The summed E-state index contributed by atoms with van der Waals surface area (Å²) in [5, 5.41) is 3.00. The number of carbonyl (C=O) groups is 4. The minimum Gasteiger partial charge on any atom is -0.466 e. The quantitative estimate of drug-likeness (QED) is 0.271. The van der Waals surface area contributed by atoms with Crippen LogP contribution in [0.1, 0.15) is 37.7 Å². The van der Waals surface area contributed by atoms with Crippen LogP contribution in [0.3, 0.4) is 0 Å². The van der Waals surface area contributed by atoms with E-state index in [1.165, 1.54) is 5.56 Å². The lowest BCUT2D eigenvalue weighted by molar-refractivity contribution is -0.145. The standard InChI is InChI=1S/C23H26ClN3O5/c24-18-10-4-5-11-19(18)25-20(28)12-13-21(29)26-27-22(30)14-15-23(31)32-16-6-9-17-7-2-1-3-8-17/h1-5,7-8,10-11H,6,9,12-16H2,(H,25,28)(H,26,29)(H,27,30). The number of anilines is 1. The fraction of sp³-hybridized carbons (Fsp3) is 0.304. The molecule has 0 atom stereocenters. The summed E-state index contributed by atoms with van der Waals surface area (Å²) in [5.74, 6) is -1.92. The average molecular weight is 460 g/mol. The Hall–Kier alpha value is -3.39. The van der Waals surface area contributed by atoms with Gasteiger partial charge in [-0.05, 0) is 30.5 Å². The van der Waals surface area contributed by atoms with E-state index in [2.05, 4.69) is 16.2 Å². The molecule has 0 saturated carbocycles. The van der Waals surface area contributed by atoms with Crippen molar-refractivity contribution in [3.63, 3.8) is 0 Å². The molecule has 2 aromatic carbocycles. The maximum Gasteiger partial charge on any atom is 0.306 e. The van der Waals surface area contributed by atoms with Crippen LogP contribution >= 0.6 is 11.6 Å². The molecule has 0 radical (unpaired) electrons. The minimum atomic E-state index is -0.531. The van der Waals surface area contributed by atoms with E-state index in [0.717, 1.165) is 6.42 Å². The second-order valence-electron chi connectivity index (χ2n) is 6.93. The molecule has 0 saturated heterocycles. The Morgan fingerprint density at radius 1 is 0.750 bits per heavy atom. The van der Waals surface area contributed by atoms with Crippen LogP contribution in [-0.4, -0.2) is 30.3 Å². The van der Waals surface area contributed by atoms with Crippen molar-refractivity contribution in [1.29, 1.82) is 0 Å². The highest BCUT2D eigenvalue weighted by molar-refractivity contribution is 6.33. The normalized spacial score (nSPS) is 10.2. The molecular weight excluding hydrogens is 434 g/mol. The van der Waals surface area contributed by atoms with E-state index in [0.29, 0.717) is 17.1 Å². The van der Waals surface area contributed by atoms with E-state index < -0.39 is 17.8 Å². The number of hydrazine groups is 1. The highest BCUT2D eigenvalue weighted by atomic mass is 35.5. The largest absolute Gasteiger partial charge is 0.466 e. The summed E-state index contributed by atoms with van der Waals surface area (Å²) in [7, 11) is 0. The fourth-order valence-corrected chi connectivity index (χ4v) is 2.84. The lowest BCUT2D eigenvalue weighted by Crippen LogP contribution is -2.41. The SMILES string of the molecule is O=C(CCC(=O)Nc1ccccc1Cl)NNC(=O)CCC(=O)OCCCc1ccccc1. The van der Waals surface area contributed by atoms with Crippen molar-refractivity contribution in [2.75, 3.05) is 11.9 Å². The number of ether oxygens (including phenoxy) is 1. The van der Waals surface area contributed by atoms with Crippen molar-refractivity contribution in [2.24, 2.45) is 0 Å². The van der Waals surface area contributed by atoms with Gasteiger partial charge in [-0.25, -0.2) is 0 Å². The Balaban J connectivity index is 1.52. The number of benzene rings is 2. The number of nitrogens with one attached hydrogen (secondary N) is 3. The molecule has 2 aromatic rings. The first kappa shape index (κ1) is 24.9. The van der Waals surface area contributed by atoms with Crippen LogP contribution in [0, 0.1) is 0 Å². The number of para-hydroxylation sites is 1. The summed E-state index contributed by atoms with van der Waals surface area (Å²) in [6.45, 7) is 0.280. The van der Waals surface area contributed by atoms with E-state index >= 15 is 0 Å². The Labute approximate surface area is 191 Å². The van der Waals surface area contributed by atoms with E-state index in [-0.39, 0.29) is 38.2 Å². The molecular formula is C23H26ClN3O5. The van der Waals surface area contributed by atoms with Gasteiger partial charge in [0, 0.05) is 19.3 Å². The fourth-order valence-electron chi connectivity index (χ4n) is 2.66. The van der Waals surface area contributed by atoms with Crippen LogP contribution in [0.2, 0.25) is 5.02 Å². The van der Waals surface area contributed by atoms with Crippen molar-refractivity contribution in [3.05, 3.63) is 65.2 Å². The topological polar surface area (TPSA) is 114 Å². The van der Waals surface area contributed by atoms with E-state index in [4.69, 9.17) is 16.3 Å². The summed E-state index contributed by atoms with van der Waals surface area (Å²) in [4.78, 5) is 47.1. The molecule has 0 spiro atoms. The van der Waals surface area contributed by atoms with Gasteiger partial charge in [0.05, 0.1) is 23.7 Å². The van der Waals surface area contributed by atoms with Crippen LogP contribution in [0.15, 0.2) is 54.6 Å². The third kappa shape index (κ3) is 10.1. The highest BCUT2D eigenvalue weighted by Crippen LogP contribution is 2.20. The third-order valence-corrected chi connectivity index (χ3v) is 4.67. The first-order valence-electron chi connectivity index (χ1n) is 10.3. The van der Waals surface area contributed by atoms with Crippen LogP contribution in [-0.2, 0) is 30.3 Å². The number of amides is 3. The molecule has 0 aliphatic carbocycles.